The largest absolute Gasteiger partial charge is 0.490 e. The van der Waals surface area contributed by atoms with Gasteiger partial charge in [-0.1, -0.05) is 41.6 Å². The molecule has 0 fully saturated rings. The summed E-state index contributed by atoms with van der Waals surface area (Å²) in [6.45, 7) is 8.84. The summed E-state index contributed by atoms with van der Waals surface area (Å²) in [5.74, 6) is 1.53. The number of hydrogen-bond acceptors (Lipinski definition) is 3. The SMILES string of the molecule is C=C(Br)COc1c(CC(N)CC)cccc1OCC. The summed E-state index contributed by atoms with van der Waals surface area (Å²) in [7, 11) is 0. The monoisotopic (exact) mass is 327 g/mol. The van der Waals surface area contributed by atoms with Crippen molar-refractivity contribution >= 4 is 15.9 Å². The van der Waals surface area contributed by atoms with Gasteiger partial charge >= 0.3 is 0 Å². The van der Waals surface area contributed by atoms with Crippen molar-refractivity contribution in [3.05, 3.63) is 34.8 Å². The number of halogens is 1. The van der Waals surface area contributed by atoms with Crippen LogP contribution in [0.25, 0.3) is 0 Å². The van der Waals surface area contributed by atoms with Gasteiger partial charge in [0.15, 0.2) is 11.5 Å². The van der Waals surface area contributed by atoms with Crippen LogP contribution in [0.1, 0.15) is 25.8 Å². The van der Waals surface area contributed by atoms with Gasteiger partial charge in [-0.2, -0.15) is 0 Å². The van der Waals surface area contributed by atoms with Crippen LogP contribution in [0.15, 0.2) is 29.3 Å². The van der Waals surface area contributed by atoms with Crippen molar-refractivity contribution in [2.45, 2.75) is 32.7 Å². The molecule has 1 atom stereocenters. The van der Waals surface area contributed by atoms with E-state index in [1.807, 2.05) is 25.1 Å². The molecule has 2 N–H and O–H groups in total. The van der Waals surface area contributed by atoms with Gasteiger partial charge in [0.1, 0.15) is 6.61 Å². The van der Waals surface area contributed by atoms with E-state index in [1.165, 1.54) is 0 Å². The van der Waals surface area contributed by atoms with Crippen molar-refractivity contribution in [1.82, 2.24) is 0 Å². The highest BCUT2D eigenvalue weighted by molar-refractivity contribution is 9.11. The van der Waals surface area contributed by atoms with E-state index in [-0.39, 0.29) is 6.04 Å². The molecule has 1 rings (SSSR count). The Hall–Kier alpha value is -1.00. The lowest BCUT2D eigenvalue weighted by molar-refractivity contribution is 0.293. The van der Waals surface area contributed by atoms with Crippen molar-refractivity contribution in [2.24, 2.45) is 5.73 Å². The van der Waals surface area contributed by atoms with Gasteiger partial charge in [0, 0.05) is 10.5 Å². The van der Waals surface area contributed by atoms with E-state index in [0.717, 1.165) is 34.4 Å². The zero-order valence-corrected chi connectivity index (χ0v) is 13.2. The molecule has 0 amide bonds. The Labute approximate surface area is 123 Å². The van der Waals surface area contributed by atoms with E-state index in [1.54, 1.807) is 0 Å². The first kappa shape index (κ1) is 16.1. The topological polar surface area (TPSA) is 44.5 Å². The quantitative estimate of drug-likeness (QED) is 0.792. The Morgan fingerprint density at radius 2 is 2.11 bits per heavy atom. The Bertz CT molecular complexity index is 421. The molecule has 0 aliphatic carbocycles. The van der Waals surface area contributed by atoms with Crippen LogP contribution in [0.5, 0.6) is 11.5 Å². The van der Waals surface area contributed by atoms with Crippen molar-refractivity contribution in [2.75, 3.05) is 13.2 Å². The predicted octanol–water partition coefficient (Wildman–Crippen LogP) is 3.65. The molecule has 3 nitrogen and oxygen atoms in total. The van der Waals surface area contributed by atoms with Crippen LogP contribution in [0.3, 0.4) is 0 Å². The Balaban J connectivity index is 2.98. The molecule has 0 bridgehead atoms. The highest BCUT2D eigenvalue weighted by Crippen LogP contribution is 2.32. The lowest BCUT2D eigenvalue weighted by Crippen LogP contribution is -2.22. The Kier molecular flexibility index (Phi) is 6.95. The second-order valence-electron chi connectivity index (χ2n) is 4.36. The lowest BCUT2D eigenvalue weighted by Gasteiger charge is -2.17. The van der Waals surface area contributed by atoms with Gasteiger partial charge in [0.2, 0.25) is 0 Å². The molecule has 1 aromatic carbocycles. The number of benzene rings is 1. The van der Waals surface area contributed by atoms with Crippen molar-refractivity contribution in [1.29, 1.82) is 0 Å². The van der Waals surface area contributed by atoms with E-state index in [2.05, 4.69) is 29.4 Å². The molecular weight excluding hydrogens is 306 g/mol. The third kappa shape index (κ3) is 5.25. The van der Waals surface area contributed by atoms with Crippen LogP contribution in [0.2, 0.25) is 0 Å². The molecule has 1 aromatic rings. The average molecular weight is 328 g/mol. The third-order valence-electron chi connectivity index (χ3n) is 2.74. The molecule has 0 heterocycles. The lowest BCUT2D eigenvalue weighted by atomic mass is 10.0. The van der Waals surface area contributed by atoms with Crippen LogP contribution in [0.4, 0.5) is 0 Å². The first-order valence-corrected chi connectivity index (χ1v) is 7.34. The standard InChI is InChI=1S/C15H22BrNO2/c1-4-13(17)9-12-7-6-8-14(18-5-2)15(12)19-10-11(3)16/h6-8,13H,3-5,9-10,17H2,1-2H3. The normalized spacial score (nSPS) is 12.0. The van der Waals surface area contributed by atoms with Crippen molar-refractivity contribution in [3.8, 4) is 11.5 Å². The first-order chi connectivity index (χ1) is 9.08. The smallest absolute Gasteiger partial charge is 0.164 e. The summed E-state index contributed by atoms with van der Waals surface area (Å²) in [4.78, 5) is 0. The van der Waals surface area contributed by atoms with Gasteiger partial charge in [0.05, 0.1) is 6.61 Å². The molecule has 0 spiro atoms. The minimum absolute atomic E-state index is 0.131. The molecule has 1 unspecified atom stereocenters. The Morgan fingerprint density at radius 3 is 2.68 bits per heavy atom. The van der Waals surface area contributed by atoms with E-state index >= 15 is 0 Å². The zero-order chi connectivity index (χ0) is 14.3. The molecule has 19 heavy (non-hydrogen) atoms. The fourth-order valence-corrected chi connectivity index (χ4v) is 1.85. The predicted molar refractivity (Wildman–Crippen MR) is 83.1 cm³/mol. The van der Waals surface area contributed by atoms with E-state index in [9.17, 15) is 0 Å². The third-order valence-corrected chi connectivity index (χ3v) is 2.97. The van der Waals surface area contributed by atoms with Gasteiger partial charge in [-0.05, 0) is 31.4 Å². The van der Waals surface area contributed by atoms with E-state index in [0.29, 0.717) is 13.2 Å². The molecule has 0 aromatic heterocycles. The van der Waals surface area contributed by atoms with Gasteiger partial charge in [-0.25, -0.2) is 0 Å². The van der Waals surface area contributed by atoms with E-state index in [4.69, 9.17) is 15.2 Å². The maximum Gasteiger partial charge on any atom is 0.164 e. The summed E-state index contributed by atoms with van der Waals surface area (Å²) < 4.78 is 12.2. The summed E-state index contributed by atoms with van der Waals surface area (Å²) in [6, 6.07) is 6.05. The van der Waals surface area contributed by atoms with Gasteiger partial charge < -0.3 is 15.2 Å². The summed E-state index contributed by atoms with van der Waals surface area (Å²) in [6.07, 6.45) is 1.71. The van der Waals surface area contributed by atoms with Crippen molar-refractivity contribution < 1.29 is 9.47 Å². The molecule has 0 aliphatic rings. The fourth-order valence-electron chi connectivity index (χ4n) is 1.73. The molecule has 4 heteroatoms. The van der Waals surface area contributed by atoms with Crippen LogP contribution in [0, 0.1) is 0 Å². The number of nitrogens with two attached hydrogens (primary N) is 1. The maximum atomic E-state index is 6.03. The van der Waals surface area contributed by atoms with Crippen LogP contribution < -0.4 is 15.2 Å². The summed E-state index contributed by atoms with van der Waals surface area (Å²) in [5.41, 5.74) is 7.11. The van der Waals surface area contributed by atoms with Crippen LogP contribution in [-0.2, 0) is 6.42 Å². The molecule has 0 radical (unpaired) electrons. The number of rotatable bonds is 8. The maximum absolute atomic E-state index is 6.03. The first-order valence-electron chi connectivity index (χ1n) is 6.54. The fraction of sp³-hybridized carbons (Fsp3) is 0.467. The Morgan fingerprint density at radius 1 is 1.37 bits per heavy atom. The minimum atomic E-state index is 0.131. The average Bonchev–Trinajstić information content (AvgIpc) is 2.38. The molecular formula is C15H22BrNO2. The summed E-state index contributed by atoms with van der Waals surface area (Å²) in [5, 5.41) is 0. The van der Waals surface area contributed by atoms with Gasteiger partial charge in [0.25, 0.3) is 0 Å². The molecule has 0 saturated heterocycles. The molecule has 0 aliphatic heterocycles. The second-order valence-corrected chi connectivity index (χ2v) is 5.48. The summed E-state index contributed by atoms with van der Waals surface area (Å²) >= 11 is 3.30. The van der Waals surface area contributed by atoms with Crippen LogP contribution >= 0.6 is 15.9 Å². The molecule has 0 saturated carbocycles. The highest BCUT2D eigenvalue weighted by atomic mass is 79.9. The minimum Gasteiger partial charge on any atom is -0.490 e. The zero-order valence-electron chi connectivity index (χ0n) is 11.6. The van der Waals surface area contributed by atoms with Gasteiger partial charge in [-0.15, -0.1) is 0 Å². The number of para-hydroxylation sites is 1. The number of ether oxygens (including phenoxy) is 2. The van der Waals surface area contributed by atoms with E-state index < -0.39 is 0 Å². The van der Waals surface area contributed by atoms with Gasteiger partial charge in [-0.3, -0.25) is 0 Å². The highest BCUT2D eigenvalue weighted by Gasteiger charge is 2.13. The van der Waals surface area contributed by atoms with Crippen LogP contribution in [-0.4, -0.2) is 19.3 Å². The second kappa shape index (κ2) is 8.23. The van der Waals surface area contributed by atoms with Crippen molar-refractivity contribution in [3.63, 3.8) is 0 Å². The number of hydrogen-bond donors (Lipinski definition) is 1. The molecule has 106 valence electrons.